The normalized spacial score (nSPS) is 32.0. The number of carbonyl (C=O) groups excluding carboxylic acids is 3. The standard InChI is InChI=1S/C15H20ClNO4/c1-4-10-5-6-11(18)15(14(20)21-3)7-12(19)17(13(10)15)8-9(2)16/h10,13H,2,4-8H2,1,3H3/t10?,13-,15-/m1/s1. The second kappa shape index (κ2) is 5.79. The van der Waals surface area contributed by atoms with Crippen LogP contribution in [-0.2, 0) is 19.1 Å². The van der Waals surface area contributed by atoms with E-state index in [1.807, 2.05) is 6.92 Å². The molecule has 2 rings (SSSR count). The minimum atomic E-state index is -1.36. The minimum absolute atomic E-state index is 0.0873. The largest absolute Gasteiger partial charge is 0.468 e. The van der Waals surface area contributed by atoms with Crippen molar-refractivity contribution < 1.29 is 19.1 Å². The maximum absolute atomic E-state index is 12.5. The van der Waals surface area contributed by atoms with Crippen molar-refractivity contribution in [3.8, 4) is 0 Å². The summed E-state index contributed by atoms with van der Waals surface area (Å²) in [6, 6.07) is -0.473. The number of esters is 1. The van der Waals surface area contributed by atoms with E-state index in [1.165, 1.54) is 12.0 Å². The molecular weight excluding hydrogens is 294 g/mol. The van der Waals surface area contributed by atoms with E-state index in [9.17, 15) is 14.4 Å². The van der Waals surface area contributed by atoms with Gasteiger partial charge in [0.25, 0.3) is 0 Å². The fraction of sp³-hybridized carbons (Fsp3) is 0.667. The van der Waals surface area contributed by atoms with Crippen molar-refractivity contribution in [2.24, 2.45) is 11.3 Å². The molecule has 21 heavy (non-hydrogen) atoms. The number of methoxy groups -OCH3 is 1. The van der Waals surface area contributed by atoms with E-state index in [2.05, 4.69) is 6.58 Å². The van der Waals surface area contributed by atoms with Crippen LogP contribution in [0.2, 0.25) is 0 Å². The number of amides is 1. The van der Waals surface area contributed by atoms with E-state index in [1.54, 1.807) is 0 Å². The van der Waals surface area contributed by atoms with Crippen molar-refractivity contribution in [2.75, 3.05) is 13.7 Å². The zero-order valence-electron chi connectivity index (χ0n) is 12.4. The van der Waals surface area contributed by atoms with Gasteiger partial charge in [0, 0.05) is 11.5 Å². The second-order valence-electron chi connectivity index (χ2n) is 5.75. The molecule has 1 unspecified atom stereocenters. The summed E-state index contributed by atoms with van der Waals surface area (Å²) in [5.41, 5.74) is -1.36. The Morgan fingerprint density at radius 3 is 2.71 bits per heavy atom. The van der Waals surface area contributed by atoms with Gasteiger partial charge in [0.05, 0.1) is 26.1 Å². The van der Waals surface area contributed by atoms with E-state index in [4.69, 9.17) is 16.3 Å². The van der Waals surface area contributed by atoms with Gasteiger partial charge in [-0.25, -0.2) is 0 Å². The number of nitrogens with zero attached hydrogens (tertiary/aromatic N) is 1. The van der Waals surface area contributed by atoms with Crippen molar-refractivity contribution in [2.45, 2.75) is 38.6 Å². The summed E-state index contributed by atoms with van der Waals surface area (Å²) in [7, 11) is 1.25. The van der Waals surface area contributed by atoms with Crippen LogP contribution in [0.25, 0.3) is 0 Å². The number of hydrogen-bond donors (Lipinski definition) is 0. The molecule has 0 N–H and O–H groups in total. The van der Waals surface area contributed by atoms with Crippen LogP contribution >= 0.6 is 11.6 Å². The van der Waals surface area contributed by atoms with Gasteiger partial charge in [-0.1, -0.05) is 31.5 Å². The van der Waals surface area contributed by atoms with Crippen molar-refractivity contribution >= 4 is 29.3 Å². The molecule has 116 valence electrons. The van der Waals surface area contributed by atoms with Gasteiger partial charge in [-0.3, -0.25) is 14.4 Å². The highest BCUT2D eigenvalue weighted by Crippen LogP contribution is 2.49. The van der Waals surface area contributed by atoms with Crippen LogP contribution in [0.3, 0.4) is 0 Å². The molecule has 0 aromatic rings. The fourth-order valence-corrected chi connectivity index (χ4v) is 3.90. The van der Waals surface area contributed by atoms with Gasteiger partial charge < -0.3 is 9.64 Å². The van der Waals surface area contributed by atoms with Crippen LogP contribution in [0.5, 0.6) is 0 Å². The molecule has 1 aliphatic carbocycles. The second-order valence-corrected chi connectivity index (χ2v) is 6.29. The zero-order valence-corrected chi connectivity index (χ0v) is 13.1. The summed E-state index contributed by atoms with van der Waals surface area (Å²) in [5, 5.41) is 0.317. The van der Waals surface area contributed by atoms with Gasteiger partial charge in [-0.15, -0.1) is 0 Å². The van der Waals surface area contributed by atoms with Crippen LogP contribution in [0.15, 0.2) is 11.6 Å². The van der Waals surface area contributed by atoms with Gasteiger partial charge in [-0.05, 0) is 12.3 Å². The highest BCUT2D eigenvalue weighted by atomic mass is 35.5. The molecule has 1 aliphatic heterocycles. The number of fused-ring (bicyclic) bond motifs is 1. The van der Waals surface area contributed by atoms with Gasteiger partial charge in [0.15, 0.2) is 11.2 Å². The number of carbonyl (C=O) groups is 3. The first kappa shape index (κ1) is 16.0. The molecule has 0 bridgehead atoms. The van der Waals surface area contributed by atoms with Crippen molar-refractivity contribution in [3.05, 3.63) is 11.6 Å². The molecule has 5 nitrogen and oxygen atoms in total. The Morgan fingerprint density at radius 1 is 1.52 bits per heavy atom. The molecule has 1 amide bonds. The van der Waals surface area contributed by atoms with E-state index >= 15 is 0 Å². The molecule has 6 heteroatoms. The molecule has 1 saturated carbocycles. The predicted molar refractivity (Wildman–Crippen MR) is 77.6 cm³/mol. The van der Waals surface area contributed by atoms with Gasteiger partial charge in [-0.2, -0.15) is 0 Å². The van der Waals surface area contributed by atoms with Gasteiger partial charge in [0.2, 0.25) is 5.91 Å². The average Bonchev–Trinajstić information content (AvgIpc) is 2.73. The van der Waals surface area contributed by atoms with E-state index in [0.29, 0.717) is 17.9 Å². The fourth-order valence-electron chi connectivity index (χ4n) is 3.77. The lowest BCUT2D eigenvalue weighted by Gasteiger charge is -2.42. The topological polar surface area (TPSA) is 63.7 Å². The van der Waals surface area contributed by atoms with Crippen LogP contribution in [-0.4, -0.2) is 42.3 Å². The molecule has 0 aromatic carbocycles. The van der Waals surface area contributed by atoms with Crippen LogP contribution in [0, 0.1) is 11.3 Å². The number of ether oxygens (including phenoxy) is 1. The first-order chi connectivity index (χ1) is 9.88. The van der Waals surface area contributed by atoms with Crippen molar-refractivity contribution in [1.82, 2.24) is 4.90 Å². The molecule has 0 aromatic heterocycles. The Labute approximate surface area is 129 Å². The zero-order chi connectivity index (χ0) is 15.8. The third-order valence-electron chi connectivity index (χ3n) is 4.69. The maximum atomic E-state index is 12.5. The lowest BCUT2D eigenvalue weighted by Crippen LogP contribution is -2.56. The number of likely N-dealkylation sites (tertiary alicyclic amines) is 1. The Hall–Kier alpha value is -1.36. The number of ketones is 1. The average molecular weight is 314 g/mol. The smallest absolute Gasteiger partial charge is 0.322 e. The van der Waals surface area contributed by atoms with Crippen molar-refractivity contribution in [3.63, 3.8) is 0 Å². The number of halogens is 1. The SMILES string of the molecule is C=C(Cl)CN1C(=O)C[C@@]2(C(=O)OC)C(=O)CCC(CC)[C@@H]12. The predicted octanol–water partition coefficient (Wildman–Crippen LogP) is 1.89. The van der Waals surface area contributed by atoms with Gasteiger partial charge >= 0.3 is 5.97 Å². The van der Waals surface area contributed by atoms with E-state index in [0.717, 1.165) is 6.42 Å². The third kappa shape index (κ3) is 2.37. The summed E-state index contributed by atoms with van der Waals surface area (Å²) in [5.74, 6) is -0.947. The molecular formula is C15H20ClNO4. The lowest BCUT2D eigenvalue weighted by atomic mass is 9.64. The number of hydrogen-bond acceptors (Lipinski definition) is 4. The summed E-state index contributed by atoms with van der Waals surface area (Å²) in [6.45, 7) is 5.78. The van der Waals surface area contributed by atoms with Crippen LogP contribution in [0.1, 0.15) is 32.6 Å². The minimum Gasteiger partial charge on any atom is -0.468 e. The Kier molecular flexibility index (Phi) is 4.42. The molecule has 2 fully saturated rings. The third-order valence-corrected chi connectivity index (χ3v) is 4.81. The Balaban J connectivity index is 2.51. The molecule has 1 heterocycles. The lowest BCUT2D eigenvalue weighted by molar-refractivity contribution is -0.163. The molecule has 2 aliphatic rings. The summed E-state index contributed by atoms with van der Waals surface area (Å²) in [4.78, 5) is 38.8. The molecule has 0 radical (unpaired) electrons. The first-order valence-corrected chi connectivity index (χ1v) is 7.50. The summed E-state index contributed by atoms with van der Waals surface area (Å²) in [6.07, 6.45) is 1.66. The highest BCUT2D eigenvalue weighted by molar-refractivity contribution is 6.29. The molecule has 0 spiro atoms. The first-order valence-electron chi connectivity index (χ1n) is 7.13. The van der Waals surface area contributed by atoms with Gasteiger partial charge in [0.1, 0.15) is 0 Å². The summed E-state index contributed by atoms with van der Waals surface area (Å²) >= 11 is 5.85. The maximum Gasteiger partial charge on any atom is 0.322 e. The highest BCUT2D eigenvalue weighted by Gasteiger charge is 2.65. The van der Waals surface area contributed by atoms with E-state index < -0.39 is 17.4 Å². The van der Waals surface area contributed by atoms with Crippen LogP contribution in [0.4, 0.5) is 0 Å². The van der Waals surface area contributed by atoms with E-state index in [-0.39, 0.29) is 30.6 Å². The molecule has 1 saturated heterocycles. The Morgan fingerprint density at radius 2 is 2.19 bits per heavy atom. The summed E-state index contributed by atoms with van der Waals surface area (Å²) < 4.78 is 4.87. The number of Topliss-reactive ketones (excluding diaryl/α,β-unsaturated/α-hetero) is 1. The monoisotopic (exact) mass is 313 g/mol. The quantitative estimate of drug-likeness (QED) is 0.587. The number of rotatable bonds is 4. The van der Waals surface area contributed by atoms with Crippen LogP contribution < -0.4 is 0 Å². The Bertz CT molecular complexity index is 494. The van der Waals surface area contributed by atoms with Crippen molar-refractivity contribution in [1.29, 1.82) is 0 Å². The molecule has 3 atom stereocenters.